The third-order valence-electron chi connectivity index (χ3n) is 6.10. The van der Waals surface area contributed by atoms with E-state index in [4.69, 9.17) is 21.1 Å². The molecule has 1 aliphatic carbocycles. The average Bonchev–Trinajstić information content (AvgIpc) is 3.10. The number of hydrogen-bond acceptors (Lipinski definition) is 4. The van der Waals surface area contributed by atoms with Crippen molar-refractivity contribution in [2.24, 2.45) is 11.8 Å². The molecule has 29 heavy (non-hydrogen) atoms. The summed E-state index contributed by atoms with van der Waals surface area (Å²) >= 11 is 6.04. The van der Waals surface area contributed by atoms with E-state index in [1.807, 2.05) is 42.2 Å². The van der Waals surface area contributed by atoms with Crippen LogP contribution in [-0.4, -0.2) is 48.3 Å². The minimum atomic E-state index is -0.548. The molecule has 1 saturated heterocycles. The van der Waals surface area contributed by atoms with Crippen molar-refractivity contribution in [3.8, 4) is 11.5 Å². The number of benzene rings is 2. The molecule has 1 saturated carbocycles. The molecule has 2 aliphatic rings. The number of methoxy groups -OCH3 is 1. The predicted octanol–water partition coefficient (Wildman–Crippen LogP) is 3.95. The summed E-state index contributed by atoms with van der Waals surface area (Å²) in [5.41, 5.74) is 1.62. The smallest absolute Gasteiger partial charge is 0.253 e. The Balaban J connectivity index is 1.43. The van der Waals surface area contributed by atoms with E-state index in [1.165, 1.54) is 0 Å². The van der Waals surface area contributed by atoms with Crippen LogP contribution in [0.15, 0.2) is 42.5 Å². The van der Waals surface area contributed by atoms with Crippen molar-refractivity contribution in [1.29, 1.82) is 0 Å². The number of carbonyl (C=O) groups excluding carboxylic acids is 1. The van der Waals surface area contributed by atoms with Crippen molar-refractivity contribution in [2.75, 3.05) is 20.2 Å². The quantitative estimate of drug-likeness (QED) is 0.821. The number of fused-ring (bicyclic) bond motifs is 1. The Morgan fingerprint density at radius 2 is 1.90 bits per heavy atom. The first-order valence-corrected chi connectivity index (χ1v) is 10.4. The van der Waals surface area contributed by atoms with Crippen molar-refractivity contribution in [3.63, 3.8) is 0 Å². The summed E-state index contributed by atoms with van der Waals surface area (Å²) in [5.74, 6) is 2.10. The number of hydrogen-bond donors (Lipinski definition) is 1. The first-order valence-electron chi connectivity index (χ1n) is 9.99. The SMILES string of the molecule is COc1ccc(C(=O)N2C[C@H]3C[C@@H](Oc4cccc(Cl)c4)[C@H](O)C[C@H]3C2)cc1C. The highest BCUT2D eigenvalue weighted by molar-refractivity contribution is 6.30. The number of likely N-dealkylation sites (tertiary alicyclic amines) is 1. The van der Waals surface area contributed by atoms with E-state index in [1.54, 1.807) is 19.2 Å². The molecule has 0 bridgehead atoms. The lowest BCUT2D eigenvalue weighted by atomic mass is 9.78. The molecule has 4 rings (SSSR count). The zero-order valence-electron chi connectivity index (χ0n) is 16.7. The molecule has 1 aliphatic heterocycles. The van der Waals surface area contributed by atoms with Gasteiger partial charge >= 0.3 is 0 Å². The van der Waals surface area contributed by atoms with E-state index in [2.05, 4.69) is 0 Å². The van der Waals surface area contributed by atoms with Gasteiger partial charge in [0.2, 0.25) is 0 Å². The number of halogens is 1. The van der Waals surface area contributed by atoms with E-state index in [9.17, 15) is 9.90 Å². The number of aryl methyl sites for hydroxylation is 1. The number of aliphatic hydroxyl groups is 1. The maximum absolute atomic E-state index is 13.0. The number of rotatable bonds is 4. The fourth-order valence-electron chi connectivity index (χ4n) is 4.59. The van der Waals surface area contributed by atoms with Crippen molar-refractivity contribution < 1.29 is 19.4 Å². The third-order valence-corrected chi connectivity index (χ3v) is 6.33. The summed E-state index contributed by atoms with van der Waals surface area (Å²) in [7, 11) is 1.63. The number of nitrogens with zero attached hydrogens (tertiary/aromatic N) is 1. The van der Waals surface area contributed by atoms with Gasteiger partial charge in [-0.05, 0) is 73.6 Å². The lowest BCUT2D eigenvalue weighted by molar-refractivity contribution is -0.0231. The van der Waals surface area contributed by atoms with Crippen molar-refractivity contribution in [1.82, 2.24) is 4.90 Å². The summed E-state index contributed by atoms with van der Waals surface area (Å²) in [6.45, 7) is 3.31. The Labute approximate surface area is 176 Å². The van der Waals surface area contributed by atoms with Gasteiger partial charge in [-0.2, -0.15) is 0 Å². The van der Waals surface area contributed by atoms with Crippen LogP contribution in [0.1, 0.15) is 28.8 Å². The standard InChI is InChI=1S/C23H26ClNO4/c1-14-8-15(6-7-21(14)28-2)23(27)25-12-16-9-20(26)22(10-17(16)13-25)29-19-5-3-4-18(24)11-19/h3-8,11,16-17,20,22,26H,9-10,12-13H2,1-2H3/t16-,17+,20+,22+/m0/s1. The van der Waals surface area contributed by atoms with E-state index in [0.29, 0.717) is 47.7 Å². The maximum atomic E-state index is 13.0. The molecular weight excluding hydrogens is 390 g/mol. The monoisotopic (exact) mass is 415 g/mol. The molecule has 1 heterocycles. The van der Waals surface area contributed by atoms with Gasteiger partial charge < -0.3 is 19.5 Å². The number of amides is 1. The Morgan fingerprint density at radius 3 is 2.59 bits per heavy atom. The van der Waals surface area contributed by atoms with Gasteiger partial charge in [-0.3, -0.25) is 4.79 Å². The van der Waals surface area contributed by atoms with Crippen molar-refractivity contribution in [2.45, 2.75) is 32.0 Å². The van der Waals surface area contributed by atoms with E-state index >= 15 is 0 Å². The molecule has 5 nitrogen and oxygen atoms in total. The second kappa shape index (κ2) is 8.25. The largest absolute Gasteiger partial charge is 0.496 e. The van der Waals surface area contributed by atoms with Gasteiger partial charge in [-0.15, -0.1) is 0 Å². The fraction of sp³-hybridized carbons (Fsp3) is 0.435. The molecule has 0 aromatic heterocycles. The van der Waals surface area contributed by atoms with Gasteiger partial charge in [0, 0.05) is 23.7 Å². The Morgan fingerprint density at radius 1 is 1.14 bits per heavy atom. The second-order valence-electron chi connectivity index (χ2n) is 8.07. The molecule has 0 spiro atoms. The van der Waals surface area contributed by atoms with Gasteiger partial charge in [0.25, 0.3) is 5.91 Å². The predicted molar refractivity (Wildman–Crippen MR) is 112 cm³/mol. The van der Waals surface area contributed by atoms with E-state index < -0.39 is 6.10 Å². The van der Waals surface area contributed by atoms with Crippen LogP contribution >= 0.6 is 11.6 Å². The zero-order valence-corrected chi connectivity index (χ0v) is 17.4. The Hall–Kier alpha value is -2.24. The van der Waals surface area contributed by atoms with E-state index in [-0.39, 0.29) is 12.0 Å². The molecular formula is C23H26ClNO4. The highest BCUT2D eigenvalue weighted by Crippen LogP contribution is 2.38. The maximum Gasteiger partial charge on any atom is 0.253 e. The van der Waals surface area contributed by atoms with E-state index in [0.717, 1.165) is 17.7 Å². The van der Waals surface area contributed by atoms with Gasteiger partial charge in [0.05, 0.1) is 13.2 Å². The molecule has 154 valence electrons. The normalized spacial score (nSPS) is 26.1. The highest BCUT2D eigenvalue weighted by atomic mass is 35.5. The average molecular weight is 416 g/mol. The third kappa shape index (κ3) is 4.21. The zero-order chi connectivity index (χ0) is 20.5. The van der Waals surface area contributed by atoms with Gasteiger partial charge in [0.1, 0.15) is 17.6 Å². The first-order chi connectivity index (χ1) is 13.9. The van der Waals surface area contributed by atoms with Crippen LogP contribution in [-0.2, 0) is 0 Å². The minimum Gasteiger partial charge on any atom is -0.496 e. The number of ether oxygens (including phenoxy) is 2. The van der Waals surface area contributed by atoms with Crippen LogP contribution < -0.4 is 9.47 Å². The minimum absolute atomic E-state index is 0.0342. The highest BCUT2D eigenvalue weighted by Gasteiger charge is 2.44. The van der Waals surface area contributed by atoms with Gasteiger partial charge in [-0.1, -0.05) is 17.7 Å². The molecule has 0 unspecified atom stereocenters. The fourth-order valence-corrected chi connectivity index (χ4v) is 4.77. The van der Waals surface area contributed by atoms with Crippen LogP contribution in [0.2, 0.25) is 5.02 Å². The number of aliphatic hydroxyl groups excluding tert-OH is 1. The second-order valence-corrected chi connectivity index (χ2v) is 8.50. The topological polar surface area (TPSA) is 59.0 Å². The summed E-state index contributed by atoms with van der Waals surface area (Å²) in [4.78, 5) is 14.9. The lowest BCUT2D eigenvalue weighted by Crippen LogP contribution is -2.42. The van der Waals surface area contributed by atoms with Crippen LogP contribution in [0.25, 0.3) is 0 Å². The van der Waals surface area contributed by atoms with Crippen molar-refractivity contribution >= 4 is 17.5 Å². The summed E-state index contributed by atoms with van der Waals surface area (Å²) in [5, 5.41) is 11.2. The van der Waals surface area contributed by atoms with Gasteiger partial charge in [0.15, 0.2) is 0 Å². The van der Waals surface area contributed by atoms with Crippen LogP contribution in [0, 0.1) is 18.8 Å². The molecule has 1 amide bonds. The molecule has 4 atom stereocenters. The lowest BCUT2D eigenvalue weighted by Gasteiger charge is -2.35. The number of carbonyl (C=O) groups is 1. The van der Waals surface area contributed by atoms with Crippen LogP contribution in [0.5, 0.6) is 11.5 Å². The summed E-state index contributed by atoms with van der Waals surface area (Å²) < 4.78 is 11.3. The molecule has 2 aromatic carbocycles. The molecule has 6 heteroatoms. The van der Waals surface area contributed by atoms with Crippen molar-refractivity contribution in [3.05, 3.63) is 58.6 Å². The van der Waals surface area contributed by atoms with Gasteiger partial charge in [-0.25, -0.2) is 0 Å². The molecule has 1 N–H and O–H groups in total. The molecule has 2 fully saturated rings. The first kappa shape index (κ1) is 20.0. The van der Waals surface area contributed by atoms with Crippen LogP contribution in [0.3, 0.4) is 0 Å². The Bertz CT molecular complexity index is 902. The summed E-state index contributed by atoms with van der Waals surface area (Å²) in [6, 6.07) is 12.8. The Kier molecular flexibility index (Phi) is 5.70. The molecule has 0 radical (unpaired) electrons. The van der Waals surface area contributed by atoms with Crippen LogP contribution in [0.4, 0.5) is 0 Å². The molecule has 2 aromatic rings. The summed E-state index contributed by atoms with van der Waals surface area (Å²) in [6.07, 6.45) is 0.534.